The summed E-state index contributed by atoms with van der Waals surface area (Å²) in [4.78, 5) is 10.8. The fourth-order valence-corrected chi connectivity index (χ4v) is 2.78. The van der Waals surface area contributed by atoms with Crippen molar-refractivity contribution in [2.45, 2.75) is 20.0 Å². The highest BCUT2D eigenvalue weighted by molar-refractivity contribution is 7.09. The van der Waals surface area contributed by atoms with Crippen LogP contribution in [0, 0.1) is 12.7 Å². The van der Waals surface area contributed by atoms with Crippen molar-refractivity contribution < 1.29 is 8.81 Å². The lowest BCUT2D eigenvalue weighted by Crippen LogP contribution is -2.17. The van der Waals surface area contributed by atoms with Crippen LogP contribution in [-0.2, 0) is 13.1 Å². The van der Waals surface area contributed by atoms with Crippen molar-refractivity contribution in [1.29, 1.82) is 0 Å². The molecule has 22 heavy (non-hydrogen) atoms. The van der Waals surface area contributed by atoms with E-state index < -0.39 is 0 Å². The Labute approximate surface area is 132 Å². The molecule has 3 rings (SSSR count). The number of oxazole rings is 1. The minimum absolute atomic E-state index is 0.262. The van der Waals surface area contributed by atoms with Gasteiger partial charge in [0.15, 0.2) is 5.76 Å². The largest absolute Gasteiger partial charge is 0.439 e. The van der Waals surface area contributed by atoms with Gasteiger partial charge in [0.2, 0.25) is 5.89 Å². The van der Waals surface area contributed by atoms with E-state index in [0.29, 0.717) is 18.2 Å². The van der Waals surface area contributed by atoms with Crippen LogP contribution >= 0.6 is 11.3 Å². The third-order valence-electron chi connectivity index (χ3n) is 3.19. The Morgan fingerprint density at radius 2 is 2.00 bits per heavy atom. The molecule has 3 aromatic rings. The van der Waals surface area contributed by atoms with Gasteiger partial charge in [-0.3, -0.25) is 4.90 Å². The number of thiazole rings is 1. The molecule has 0 radical (unpaired) electrons. The number of hydrogen-bond acceptors (Lipinski definition) is 5. The first-order valence-corrected chi connectivity index (χ1v) is 7.78. The molecule has 0 bridgehead atoms. The van der Waals surface area contributed by atoms with Crippen molar-refractivity contribution in [3.63, 3.8) is 0 Å². The molecule has 0 unspecified atom stereocenters. The Hall–Kier alpha value is -2.05. The molecule has 0 fully saturated rings. The van der Waals surface area contributed by atoms with E-state index in [1.165, 1.54) is 12.1 Å². The quantitative estimate of drug-likeness (QED) is 0.716. The average Bonchev–Trinajstić information content (AvgIpc) is 3.09. The standard InChI is InChI=1S/C16H16FN3OS/c1-11-19-14(10-22-11)8-20(2)9-16-18-7-15(21-16)12-3-5-13(17)6-4-12/h3-7,10H,8-9H2,1-2H3. The van der Waals surface area contributed by atoms with E-state index in [2.05, 4.69) is 20.2 Å². The van der Waals surface area contributed by atoms with Gasteiger partial charge in [-0.05, 0) is 38.2 Å². The Morgan fingerprint density at radius 1 is 1.23 bits per heavy atom. The number of nitrogens with zero attached hydrogens (tertiary/aromatic N) is 3. The summed E-state index contributed by atoms with van der Waals surface area (Å²) < 4.78 is 18.7. The second-order valence-corrected chi connectivity index (χ2v) is 6.22. The molecule has 0 aliphatic carbocycles. The lowest BCUT2D eigenvalue weighted by molar-refractivity contribution is 0.280. The van der Waals surface area contributed by atoms with E-state index in [-0.39, 0.29) is 5.82 Å². The van der Waals surface area contributed by atoms with Crippen LogP contribution in [0.5, 0.6) is 0 Å². The Bertz CT molecular complexity index is 751. The Kier molecular flexibility index (Phi) is 4.31. The maximum absolute atomic E-state index is 12.9. The molecular weight excluding hydrogens is 301 g/mol. The van der Waals surface area contributed by atoms with E-state index in [1.54, 1.807) is 29.7 Å². The van der Waals surface area contributed by atoms with E-state index in [0.717, 1.165) is 22.8 Å². The molecule has 0 aliphatic heterocycles. The first-order valence-electron chi connectivity index (χ1n) is 6.90. The topological polar surface area (TPSA) is 42.2 Å². The Morgan fingerprint density at radius 3 is 2.68 bits per heavy atom. The van der Waals surface area contributed by atoms with Crippen LogP contribution < -0.4 is 0 Å². The van der Waals surface area contributed by atoms with Crippen LogP contribution in [0.25, 0.3) is 11.3 Å². The molecule has 0 aliphatic rings. The summed E-state index contributed by atoms with van der Waals surface area (Å²) in [6.45, 7) is 3.34. The maximum Gasteiger partial charge on any atom is 0.209 e. The fourth-order valence-electron chi connectivity index (χ4n) is 2.18. The summed E-state index contributed by atoms with van der Waals surface area (Å²) in [6, 6.07) is 6.19. The third-order valence-corrected chi connectivity index (χ3v) is 4.01. The number of rotatable bonds is 5. The number of aryl methyl sites for hydroxylation is 1. The normalized spacial score (nSPS) is 11.3. The van der Waals surface area contributed by atoms with Crippen LogP contribution in [0.15, 0.2) is 40.3 Å². The molecule has 2 aromatic heterocycles. The fraction of sp³-hybridized carbons (Fsp3) is 0.250. The molecule has 0 saturated heterocycles. The van der Waals surface area contributed by atoms with Crippen molar-refractivity contribution in [2.24, 2.45) is 0 Å². The van der Waals surface area contributed by atoms with Crippen LogP contribution in [-0.4, -0.2) is 21.9 Å². The highest BCUT2D eigenvalue weighted by Gasteiger charge is 2.10. The van der Waals surface area contributed by atoms with Gasteiger partial charge in [0.05, 0.1) is 23.4 Å². The highest BCUT2D eigenvalue weighted by atomic mass is 32.1. The number of benzene rings is 1. The Balaban J connectivity index is 1.65. The molecule has 0 spiro atoms. The van der Waals surface area contributed by atoms with Crippen LogP contribution in [0.4, 0.5) is 4.39 Å². The molecule has 0 N–H and O–H groups in total. The van der Waals surface area contributed by atoms with Gasteiger partial charge in [-0.25, -0.2) is 14.4 Å². The molecule has 6 heteroatoms. The van der Waals surface area contributed by atoms with Crippen LogP contribution in [0.2, 0.25) is 0 Å². The molecule has 114 valence electrons. The van der Waals surface area contributed by atoms with Gasteiger partial charge in [0.25, 0.3) is 0 Å². The minimum atomic E-state index is -0.262. The molecule has 2 heterocycles. The number of halogens is 1. The van der Waals surface area contributed by atoms with E-state index in [9.17, 15) is 4.39 Å². The predicted octanol–water partition coefficient (Wildman–Crippen LogP) is 3.88. The van der Waals surface area contributed by atoms with E-state index in [1.807, 2.05) is 14.0 Å². The smallest absolute Gasteiger partial charge is 0.209 e. The molecule has 4 nitrogen and oxygen atoms in total. The van der Waals surface area contributed by atoms with E-state index >= 15 is 0 Å². The van der Waals surface area contributed by atoms with Crippen molar-refractivity contribution in [3.8, 4) is 11.3 Å². The summed E-state index contributed by atoms with van der Waals surface area (Å²) >= 11 is 1.65. The van der Waals surface area contributed by atoms with Crippen LogP contribution in [0.3, 0.4) is 0 Å². The lowest BCUT2D eigenvalue weighted by Gasteiger charge is -2.12. The van der Waals surface area contributed by atoms with Gasteiger partial charge in [-0.1, -0.05) is 0 Å². The second kappa shape index (κ2) is 6.37. The van der Waals surface area contributed by atoms with Crippen molar-refractivity contribution >= 4 is 11.3 Å². The molecule has 0 amide bonds. The first-order chi connectivity index (χ1) is 10.6. The van der Waals surface area contributed by atoms with Gasteiger partial charge in [0, 0.05) is 17.5 Å². The van der Waals surface area contributed by atoms with Gasteiger partial charge in [-0.2, -0.15) is 0 Å². The van der Waals surface area contributed by atoms with Gasteiger partial charge in [-0.15, -0.1) is 11.3 Å². The zero-order chi connectivity index (χ0) is 15.5. The molecular formula is C16H16FN3OS. The average molecular weight is 317 g/mol. The molecule has 1 aromatic carbocycles. The lowest BCUT2D eigenvalue weighted by atomic mass is 10.2. The van der Waals surface area contributed by atoms with Crippen LogP contribution in [0.1, 0.15) is 16.6 Å². The highest BCUT2D eigenvalue weighted by Crippen LogP contribution is 2.21. The zero-order valence-corrected chi connectivity index (χ0v) is 13.2. The number of aromatic nitrogens is 2. The van der Waals surface area contributed by atoms with Gasteiger partial charge >= 0.3 is 0 Å². The summed E-state index contributed by atoms with van der Waals surface area (Å²) in [5, 5.41) is 3.13. The SMILES string of the molecule is Cc1nc(CN(C)Cc2ncc(-c3ccc(F)cc3)o2)cs1. The minimum Gasteiger partial charge on any atom is -0.439 e. The second-order valence-electron chi connectivity index (χ2n) is 5.16. The molecule has 0 saturated carbocycles. The predicted molar refractivity (Wildman–Crippen MR) is 83.9 cm³/mol. The summed E-state index contributed by atoms with van der Waals surface area (Å²) in [5.74, 6) is 1.02. The molecule has 0 atom stereocenters. The summed E-state index contributed by atoms with van der Waals surface area (Å²) in [5.41, 5.74) is 1.87. The first kappa shape index (κ1) is 14.9. The van der Waals surface area contributed by atoms with Crippen molar-refractivity contribution in [2.75, 3.05) is 7.05 Å². The third kappa shape index (κ3) is 3.58. The zero-order valence-electron chi connectivity index (χ0n) is 12.4. The summed E-state index contributed by atoms with van der Waals surface area (Å²) in [6.07, 6.45) is 1.67. The maximum atomic E-state index is 12.9. The number of hydrogen-bond donors (Lipinski definition) is 0. The van der Waals surface area contributed by atoms with Gasteiger partial charge in [0.1, 0.15) is 5.82 Å². The van der Waals surface area contributed by atoms with E-state index in [4.69, 9.17) is 4.42 Å². The summed E-state index contributed by atoms with van der Waals surface area (Å²) in [7, 11) is 2.00. The monoisotopic (exact) mass is 317 g/mol. The van der Waals surface area contributed by atoms with Gasteiger partial charge < -0.3 is 4.42 Å². The van der Waals surface area contributed by atoms with Crippen molar-refractivity contribution in [3.05, 3.63) is 58.3 Å². The van der Waals surface area contributed by atoms with Crippen molar-refractivity contribution in [1.82, 2.24) is 14.9 Å².